The molecule has 4 nitrogen and oxygen atoms in total. The third-order valence-electron chi connectivity index (χ3n) is 2.49. The maximum absolute atomic E-state index is 10.7. The minimum Gasteiger partial charge on any atom is -0.473 e. The first-order valence-electron chi connectivity index (χ1n) is 5.07. The van der Waals surface area contributed by atoms with E-state index in [1.165, 1.54) is 25.3 Å². The first kappa shape index (κ1) is 9.24. The Morgan fingerprint density at radius 1 is 1.29 bits per heavy atom. The third kappa shape index (κ3) is 2.34. The van der Waals surface area contributed by atoms with Crippen LogP contribution in [0.5, 0.6) is 5.88 Å². The second-order valence-corrected chi connectivity index (χ2v) is 3.64. The minimum atomic E-state index is -0.194. The van der Waals surface area contributed by atoms with Crippen LogP contribution in [0.25, 0.3) is 0 Å². The molecular weight excluding hydrogens is 180 g/mol. The lowest BCUT2D eigenvalue weighted by atomic mass is 9.98. The van der Waals surface area contributed by atoms with Crippen LogP contribution < -0.4 is 10.3 Å². The molecule has 14 heavy (non-hydrogen) atoms. The number of rotatable bonds is 2. The molecular formula is C10H14N2O2. The predicted molar refractivity (Wildman–Crippen MR) is 52.4 cm³/mol. The summed E-state index contributed by atoms with van der Waals surface area (Å²) in [5, 5.41) is 6.17. The van der Waals surface area contributed by atoms with Gasteiger partial charge in [0.25, 0.3) is 5.56 Å². The molecule has 0 radical (unpaired) electrons. The van der Waals surface area contributed by atoms with E-state index >= 15 is 0 Å². The van der Waals surface area contributed by atoms with Crippen LogP contribution in [-0.2, 0) is 0 Å². The molecule has 2 rings (SSSR count). The molecule has 0 aliphatic heterocycles. The highest BCUT2D eigenvalue weighted by Crippen LogP contribution is 2.21. The Morgan fingerprint density at radius 3 is 2.71 bits per heavy atom. The molecule has 0 amide bonds. The fraction of sp³-hybridized carbons (Fsp3) is 0.600. The van der Waals surface area contributed by atoms with Gasteiger partial charge in [-0.15, -0.1) is 5.10 Å². The van der Waals surface area contributed by atoms with Gasteiger partial charge in [-0.2, -0.15) is 0 Å². The summed E-state index contributed by atoms with van der Waals surface area (Å²) in [5.74, 6) is 0.525. The SMILES string of the molecule is O=c1ccc(OC2CCCCC2)n[nH]1. The molecule has 4 heteroatoms. The Kier molecular flexibility index (Phi) is 2.81. The van der Waals surface area contributed by atoms with Gasteiger partial charge in [-0.25, -0.2) is 5.10 Å². The van der Waals surface area contributed by atoms with E-state index < -0.39 is 0 Å². The molecule has 0 spiro atoms. The Morgan fingerprint density at radius 2 is 2.07 bits per heavy atom. The first-order chi connectivity index (χ1) is 6.84. The van der Waals surface area contributed by atoms with Crippen molar-refractivity contribution in [2.75, 3.05) is 0 Å². The first-order valence-corrected chi connectivity index (χ1v) is 5.07. The Hall–Kier alpha value is -1.32. The van der Waals surface area contributed by atoms with E-state index in [2.05, 4.69) is 10.2 Å². The third-order valence-corrected chi connectivity index (χ3v) is 2.49. The normalized spacial score (nSPS) is 18.0. The molecule has 1 aromatic rings. The molecule has 0 saturated heterocycles. The maximum Gasteiger partial charge on any atom is 0.264 e. The summed E-state index contributed by atoms with van der Waals surface area (Å²) in [7, 11) is 0. The van der Waals surface area contributed by atoms with Crippen LogP contribution in [0.1, 0.15) is 32.1 Å². The van der Waals surface area contributed by atoms with E-state index in [4.69, 9.17) is 4.74 Å². The van der Waals surface area contributed by atoms with Crippen LogP contribution in [0.2, 0.25) is 0 Å². The van der Waals surface area contributed by atoms with E-state index in [-0.39, 0.29) is 11.7 Å². The molecule has 0 unspecified atom stereocenters. The smallest absolute Gasteiger partial charge is 0.264 e. The summed E-state index contributed by atoms with van der Waals surface area (Å²) in [6.45, 7) is 0. The number of nitrogens with zero attached hydrogens (tertiary/aromatic N) is 1. The van der Waals surface area contributed by atoms with Gasteiger partial charge in [-0.05, 0) is 25.7 Å². The van der Waals surface area contributed by atoms with Crippen molar-refractivity contribution in [3.05, 3.63) is 22.5 Å². The zero-order chi connectivity index (χ0) is 9.80. The van der Waals surface area contributed by atoms with E-state index in [1.54, 1.807) is 6.07 Å². The second kappa shape index (κ2) is 4.26. The molecule has 0 bridgehead atoms. The van der Waals surface area contributed by atoms with Crippen molar-refractivity contribution < 1.29 is 4.74 Å². The van der Waals surface area contributed by atoms with Gasteiger partial charge in [0, 0.05) is 12.1 Å². The lowest BCUT2D eigenvalue weighted by molar-refractivity contribution is 0.147. The van der Waals surface area contributed by atoms with Crippen molar-refractivity contribution in [1.82, 2.24) is 10.2 Å². The maximum atomic E-state index is 10.7. The van der Waals surface area contributed by atoms with Gasteiger partial charge < -0.3 is 4.74 Å². The molecule has 0 aromatic carbocycles. The number of H-pyrrole nitrogens is 1. The number of aromatic nitrogens is 2. The lowest BCUT2D eigenvalue weighted by Crippen LogP contribution is -2.21. The summed E-state index contributed by atoms with van der Waals surface area (Å²) >= 11 is 0. The summed E-state index contributed by atoms with van der Waals surface area (Å²) < 4.78 is 5.63. The second-order valence-electron chi connectivity index (χ2n) is 3.64. The summed E-state index contributed by atoms with van der Waals surface area (Å²) in [6, 6.07) is 3.05. The van der Waals surface area contributed by atoms with Crippen LogP contribution in [-0.4, -0.2) is 16.3 Å². The van der Waals surface area contributed by atoms with Crippen LogP contribution in [0.4, 0.5) is 0 Å². The molecule has 1 aliphatic carbocycles. The van der Waals surface area contributed by atoms with Crippen molar-refractivity contribution >= 4 is 0 Å². The van der Waals surface area contributed by atoms with Crippen LogP contribution in [0, 0.1) is 0 Å². The summed E-state index contributed by atoms with van der Waals surface area (Å²) in [6.07, 6.45) is 6.24. The van der Waals surface area contributed by atoms with Crippen molar-refractivity contribution in [1.29, 1.82) is 0 Å². The van der Waals surface area contributed by atoms with Gasteiger partial charge in [0.1, 0.15) is 6.10 Å². The Bertz CT molecular complexity index is 322. The zero-order valence-corrected chi connectivity index (χ0v) is 8.03. The standard InChI is InChI=1S/C10H14N2O2/c13-9-6-7-10(12-11-9)14-8-4-2-1-3-5-8/h6-8H,1-5H2,(H,11,13). The van der Waals surface area contributed by atoms with E-state index in [0.29, 0.717) is 5.88 Å². The molecule has 1 aromatic heterocycles. The largest absolute Gasteiger partial charge is 0.473 e. The molecule has 1 aliphatic rings. The van der Waals surface area contributed by atoms with Crippen LogP contribution in [0.15, 0.2) is 16.9 Å². The quantitative estimate of drug-likeness (QED) is 0.775. The van der Waals surface area contributed by atoms with Crippen LogP contribution in [0.3, 0.4) is 0 Å². The fourth-order valence-corrected chi connectivity index (χ4v) is 1.75. The molecule has 1 heterocycles. The molecule has 0 atom stereocenters. The summed E-state index contributed by atoms with van der Waals surface area (Å²) in [5.41, 5.74) is -0.194. The van der Waals surface area contributed by atoms with Gasteiger partial charge >= 0.3 is 0 Å². The number of hydrogen-bond acceptors (Lipinski definition) is 3. The molecule has 1 N–H and O–H groups in total. The molecule has 76 valence electrons. The van der Waals surface area contributed by atoms with E-state index in [1.807, 2.05) is 0 Å². The highest BCUT2D eigenvalue weighted by molar-refractivity contribution is 5.06. The summed E-state index contributed by atoms with van der Waals surface area (Å²) in [4.78, 5) is 10.7. The number of ether oxygens (including phenoxy) is 1. The Balaban J connectivity index is 1.96. The van der Waals surface area contributed by atoms with Crippen molar-refractivity contribution in [2.24, 2.45) is 0 Å². The van der Waals surface area contributed by atoms with Crippen molar-refractivity contribution in [3.63, 3.8) is 0 Å². The zero-order valence-electron chi connectivity index (χ0n) is 8.03. The van der Waals surface area contributed by atoms with E-state index in [9.17, 15) is 4.79 Å². The van der Waals surface area contributed by atoms with Gasteiger partial charge in [-0.3, -0.25) is 4.79 Å². The number of hydrogen-bond donors (Lipinski definition) is 1. The van der Waals surface area contributed by atoms with Gasteiger partial charge in [0.2, 0.25) is 5.88 Å². The highest BCUT2D eigenvalue weighted by Gasteiger charge is 2.14. The number of aromatic amines is 1. The fourth-order valence-electron chi connectivity index (χ4n) is 1.75. The average molecular weight is 194 g/mol. The van der Waals surface area contributed by atoms with E-state index in [0.717, 1.165) is 12.8 Å². The van der Waals surface area contributed by atoms with Gasteiger partial charge in [0.05, 0.1) is 0 Å². The van der Waals surface area contributed by atoms with Gasteiger partial charge in [0.15, 0.2) is 0 Å². The van der Waals surface area contributed by atoms with Crippen molar-refractivity contribution in [2.45, 2.75) is 38.2 Å². The number of nitrogens with one attached hydrogen (secondary N) is 1. The highest BCUT2D eigenvalue weighted by atomic mass is 16.5. The monoisotopic (exact) mass is 194 g/mol. The molecule has 1 saturated carbocycles. The minimum absolute atomic E-state index is 0.194. The van der Waals surface area contributed by atoms with Crippen LogP contribution >= 0.6 is 0 Å². The average Bonchev–Trinajstić information content (AvgIpc) is 2.23. The topological polar surface area (TPSA) is 55.0 Å². The molecule has 1 fully saturated rings. The lowest BCUT2D eigenvalue weighted by Gasteiger charge is -2.21. The van der Waals surface area contributed by atoms with Crippen molar-refractivity contribution in [3.8, 4) is 5.88 Å². The van der Waals surface area contributed by atoms with Gasteiger partial charge in [-0.1, -0.05) is 6.42 Å². The predicted octanol–water partition coefficient (Wildman–Crippen LogP) is 1.48. The Labute approximate surface area is 82.3 Å².